The number of rotatable bonds is 10. The van der Waals surface area contributed by atoms with E-state index in [2.05, 4.69) is 10.6 Å². The third-order valence-corrected chi connectivity index (χ3v) is 4.59. The fourth-order valence-corrected chi connectivity index (χ4v) is 3.21. The van der Waals surface area contributed by atoms with Crippen LogP contribution in [0.5, 0.6) is 0 Å². The molecule has 1 aliphatic heterocycles. The van der Waals surface area contributed by atoms with Gasteiger partial charge in [-0.2, -0.15) is 0 Å². The average Bonchev–Trinajstić information content (AvgIpc) is 3.08. The fraction of sp³-hybridized carbons (Fsp3) is 0.722. The highest BCUT2D eigenvalue weighted by atomic mass is 16.4. The van der Waals surface area contributed by atoms with Gasteiger partial charge in [0.1, 0.15) is 18.1 Å². The smallest absolute Gasteiger partial charge is 0.326 e. The van der Waals surface area contributed by atoms with Crippen LogP contribution in [0.1, 0.15) is 46.5 Å². The standard InChI is InChI=1S/C18H31N5O6/c1-9(2)7-12(18(28)29)22-15(25)11(8-14(20)24)21-16(26)13-5-4-6-23(13)17(27)10(3)19/h9-13H,4-8,19H2,1-3H3,(H2,20,24)(H,21,26)(H,22,25)(H,28,29). The Morgan fingerprint density at radius 1 is 1.10 bits per heavy atom. The number of carbonyl (C=O) groups is 5. The Kier molecular flexibility index (Phi) is 9.02. The number of carbonyl (C=O) groups excluding carboxylic acids is 4. The maximum atomic E-state index is 12.7. The monoisotopic (exact) mass is 413 g/mol. The maximum Gasteiger partial charge on any atom is 0.326 e. The second kappa shape index (κ2) is 10.7. The molecule has 0 bridgehead atoms. The SMILES string of the molecule is CC(C)CC(NC(=O)C(CC(N)=O)NC(=O)C1CCCN1C(=O)C(C)N)C(=O)O. The van der Waals surface area contributed by atoms with Crippen molar-refractivity contribution in [2.75, 3.05) is 6.54 Å². The molecule has 0 aromatic rings. The second-order valence-electron chi connectivity index (χ2n) is 7.74. The summed E-state index contributed by atoms with van der Waals surface area (Å²) in [4.78, 5) is 61.5. The summed E-state index contributed by atoms with van der Waals surface area (Å²) < 4.78 is 0. The maximum absolute atomic E-state index is 12.7. The average molecular weight is 413 g/mol. The van der Waals surface area contributed by atoms with E-state index in [1.807, 2.05) is 0 Å². The molecule has 11 nitrogen and oxygen atoms in total. The summed E-state index contributed by atoms with van der Waals surface area (Å²) in [6, 6.07) is -4.11. The topological polar surface area (TPSA) is 185 Å². The lowest BCUT2D eigenvalue weighted by molar-refractivity contribution is -0.143. The first-order valence-corrected chi connectivity index (χ1v) is 9.61. The van der Waals surface area contributed by atoms with Crippen molar-refractivity contribution in [2.24, 2.45) is 17.4 Å². The van der Waals surface area contributed by atoms with Crippen LogP contribution in [-0.4, -0.2) is 70.3 Å². The first-order chi connectivity index (χ1) is 13.4. The lowest BCUT2D eigenvalue weighted by Gasteiger charge is -2.27. The number of hydrogen-bond donors (Lipinski definition) is 5. The van der Waals surface area contributed by atoms with E-state index in [9.17, 15) is 29.1 Å². The van der Waals surface area contributed by atoms with Crippen molar-refractivity contribution in [3.63, 3.8) is 0 Å². The molecule has 0 aliphatic carbocycles. The largest absolute Gasteiger partial charge is 0.480 e. The Hall–Kier alpha value is -2.69. The predicted octanol–water partition coefficient (Wildman–Crippen LogP) is -1.70. The summed E-state index contributed by atoms with van der Waals surface area (Å²) in [6.45, 7) is 5.48. The minimum atomic E-state index is -1.35. The van der Waals surface area contributed by atoms with Crippen molar-refractivity contribution in [2.45, 2.75) is 70.6 Å². The molecule has 0 radical (unpaired) electrons. The van der Waals surface area contributed by atoms with Crippen molar-refractivity contribution in [1.82, 2.24) is 15.5 Å². The number of hydrogen-bond acceptors (Lipinski definition) is 6. The van der Waals surface area contributed by atoms with Gasteiger partial charge in [-0.25, -0.2) is 4.79 Å². The summed E-state index contributed by atoms with van der Waals surface area (Å²) in [5, 5.41) is 14.1. The Bertz CT molecular complexity index is 651. The van der Waals surface area contributed by atoms with Crippen LogP contribution in [0.3, 0.4) is 0 Å². The number of primary amides is 1. The van der Waals surface area contributed by atoms with Crippen LogP contribution >= 0.6 is 0 Å². The lowest BCUT2D eigenvalue weighted by atomic mass is 10.0. The van der Waals surface area contributed by atoms with Crippen molar-refractivity contribution < 1.29 is 29.1 Å². The molecule has 7 N–H and O–H groups in total. The van der Waals surface area contributed by atoms with E-state index in [-0.39, 0.29) is 18.2 Å². The van der Waals surface area contributed by atoms with Crippen LogP contribution in [-0.2, 0) is 24.0 Å². The van der Waals surface area contributed by atoms with Gasteiger partial charge in [-0.15, -0.1) is 0 Å². The molecular formula is C18H31N5O6. The third kappa shape index (κ3) is 7.33. The van der Waals surface area contributed by atoms with Gasteiger partial charge in [0.25, 0.3) is 0 Å². The first-order valence-electron chi connectivity index (χ1n) is 9.61. The molecule has 4 unspecified atom stereocenters. The van der Waals surface area contributed by atoms with E-state index in [0.717, 1.165) is 0 Å². The molecule has 1 heterocycles. The minimum Gasteiger partial charge on any atom is -0.480 e. The van der Waals surface area contributed by atoms with E-state index >= 15 is 0 Å². The van der Waals surface area contributed by atoms with E-state index in [1.165, 1.54) is 11.8 Å². The van der Waals surface area contributed by atoms with E-state index in [0.29, 0.717) is 19.4 Å². The number of carboxylic acids is 1. The highest BCUT2D eigenvalue weighted by Gasteiger charge is 2.37. The molecule has 0 aromatic heterocycles. The van der Waals surface area contributed by atoms with E-state index < -0.39 is 54.3 Å². The molecule has 1 fully saturated rings. The molecule has 0 saturated carbocycles. The fourth-order valence-electron chi connectivity index (χ4n) is 3.21. The summed E-state index contributed by atoms with van der Waals surface area (Å²) >= 11 is 0. The molecule has 0 spiro atoms. The molecule has 164 valence electrons. The van der Waals surface area contributed by atoms with Crippen molar-refractivity contribution in [1.29, 1.82) is 0 Å². The number of aliphatic carboxylic acids is 1. The van der Waals surface area contributed by atoms with Gasteiger partial charge in [0.15, 0.2) is 0 Å². The molecule has 1 rings (SSSR count). The summed E-state index contributed by atoms with van der Waals surface area (Å²) in [5.41, 5.74) is 10.8. The predicted molar refractivity (Wildman–Crippen MR) is 103 cm³/mol. The van der Waals surface area contributed by atoms with Gasteiger partial charge < -0.3 is 32.1 Å². The summed E-state index contributed by atoms with van der Waals surface area (Å²) in [7, 11) is 0. The number of amides is 4. The highest BCUT2D eigenvalue weighted by molar-refractivity contribution is 5.96. The van der Waals surface area contributed by atoms with Crippen LogP contribution in [0.2, 0.25) is 0 Å². The van der Waals surface area contributed by atoms with Gasteiger partial charge >= 0.3 is 5.97 Å². The zero-order valence-corrected chi connectivity index (χ0v) is 17.0. The number of nitrogens with zero attached hydrogens (tertiary/aromatic N) is 1. The van der Waals surface area contributed by atoms with Gasteiger partial charge in [-0.05, 0) is 32.1 Å². The molecule has 11 heteroatoms. The molecule has 4 atom stereocenters. The number of likely N-dealkylation sites (tertiary alicyclic amines) is 1. The molecule has 0 aromatic carbocycles. The Morgan fingerprint density at radius 2 is 1.72 bits per heavy atom. The Balaban J connectivity index is 2.90. The number of nitrogens with one attached hydrogen (secondary N) is 2. The van der Waals surface area contributed by atoms with Crippen LogP contribution in [0.15, 0.2) is 0 Å². The minimum absolute atomic E-state index is 0.00288. The van der Waals surface area contributed by atoms with Gasteiger partial charge in [-0.3, -0.25) is 19.2 Å². The van der Waals surface area contributed by atoms with Gasteiger partial charge in [0.05, 0.1) is 12.5 Å². The van der Waals surface area contributed by atoms with Gasteiger partial charge in [0.2, 0.25) is 23.6 Å². The quantitative estimate of drug-likeness (QED) is 0.282. The number of carboxylic acid groups (broad SMARTS) is 1. The van der Waals surface area contributed by atoms with Gasteiger partial charge in [-0.1, -0.05) is 13.8 Å². The number of nitrogens with two attached hydrogens (primary N) is 2. The third-order valence-electron chi connectivity index (χ3n) is 4.59. The summed E-state index contributed by atoms with van der Waals surface area (Å²) in [5.74, 6) is -3.89. The van der Waals surface area contributed by atoms with Gasteiger partial charge in [0, 0.05) is 6.54 Å². The van der Waals surface area contributed by atoms with E-state index in [1.54, 1.807) is 13.8 Å². The normalized spacial score (nSPS) is 19.3. The van der Waals surface area contributed by atoms with Crippen LogP contribution in [0.4, 0.5) is 0 Å². The molecular weight excluding hydrogens is 382 g/mol. The van der Waals surface area contributed by atoms with Crippen molar-refractivity contribution in [3.8, 4) is 0 Å². The van der Waals surface area contributed by atoms with Crippen molar-refractivity contribution in [3.05, 3.63) is 0 Å². The molecule has 1 saturated heterocycles. The molecule has 1 aliphatic rings. The summed E-state index contributed by atoms with van der Waals surface area (Å²) in [6.07, 6.45) is 0.663. The van der Waals surface area contributed by atoms with Crippen LogP contribution in [0.25, 0.3) is 0 Å². The Labute approximate surface area is 169 Å². The first kappa shape index (κ1) is 24.3. The highest BCUT2D eigenvalue weighted by Crippen LogP contribution is 2.18. The van der Waals surface area contributed by atoms with Crippen LogP contribution < -0.4 is 22.1 Å². The molecule has 29 heavy (non-hydrogen) atoms. The van der Waals surface area contributed by atoms with Crippen molar-refractivity contribution >= 4 is 29.6 Å². The zero-order valence-electron chi connectivity index (χ0n) is 17.0. The van der Waals surface area contributed by atoms with Crippen LogP contribution in [0, 0.1) is 5.92 Å². The molecule has 4 amide bonds. The van der Waals surface area contributed by atoms with E-state index in [4.69, 9.17) is 11.5 Å². The second-order valence-corrected chi connectivity index (χ2v) is 7.74. The zero-order chi connectivity index (χ0) is 22.3. The Morgan fingerprint density at radius 3 is 2.21 bits per heavy atom. The lowest BCUT2D eigenvalue weighted by Crippen LogP contribution is -2.57.